The smallest absolute Gasteiger partial charge is 0.283 e. The predicted molar refractivity (Wildman–Crippen MR) is 120 cm³/mol. The number of hydrogen-bond acceptors (Lipinski definition) is 4. The molecule has 0 atom stereocenters. The summed E-state index contributed by atoms with van der Waals surface area (Å²) in [6.45, 7) is 0. The molecule has 4 nitrogen and oxygen atoms in total. The maximum atomic E-state index is 13.4. The van der Waals surface area contributed by atoms with Crippen LogP contribution in [-0.4, -0.2) is 18.2 Å². The van der Waals surface area contributed by atoms with Crippen LogP contribution in [0.4, 0.5) is 10.1 Å². The summed E-state index contributed by atoms with van der Waals surface area (Å²) in [6, 6.07) is 23.2. The largest absolute Gasteiger partial charge is 0.497 e. The summed E-state index contributed by atoms with van der Waals surface area (Å²) >= 11 is 1.46. The Bertz CT molecular complexity index is 1090. The summed E-state index contributed by atoms with van der Waals surface area (Å²) in [4.78, 5) is 19.2. The molecular formula is C24H19FN2O2S. The van der Waals surface area contributed by atoms with Gasteiger partial charge in [0.2, 0.25) is 0 Å². The molecule has 1 heterocycles. The number of rotatable bonds is 5. The van der Waals surface area contributed by atoms with Crippen LogP contribution in [-0.2, 0) is 10.5 Å². The van der Waals surface area contributed by atoms with E-state index in [-0.39, 0.29) is 11.7 Å². The molecule has 0 saturated heterocycles. The molecule has 0 aromatic heterocycles. The first kappa shape index (κ1) is 19.9. The van der Waals surface area contributed by atoms with Gasteiger partial charge in [-0.3, -0.25) is 9.69 Å². The summed E-state index contributed by atoms with van der Waals surface area (Å²) in [6.07, 6.45) is 1.76. The number of amides is 1. The molecule has 3 aromatic carbocycles. The lowest BCUT2D eigenvalue weighted by Crippen LogP contribution is -2.30. The molecule has 0 radical (unpaired) electrons. The van der Waals surface area contributed by atoms with Crippen LogP contribution in [0.25, 0.3) is 6.08 Å². The van der Waals surface area contributed by atoms with E-state index < -0.39 is 0 Å². The molecule has 0 spiro atoms. The zero-order valence-electron chi connectivity index (χ0n) is 16.3. The van der Waals surface area contributed by atoms with E-state index in [0.717, 1.165) is 16.9 Å². The van der Waals surface area contributed by atoms with Crippen LogP contribution >= 0.6 is 11.8 Å². The van der Waals surface area contributed by atoms with Crippen molar-refractivity contribution in [2.75, 3.05) is 12.0 Å². The monoisotopic (exact) mass is 418 g/mol. The van der Waals surface area contributed by atoms with Crippen LogP contribution in [0.5, 0.6) is 5.75 Å². The minimum Gasteiger partial charge on any atom is -0.497 e. The highest BCUT2D eigenvalue weighted by molar-refractivity contribution is 8.13. The molecule has 0 fully saturated rings. The van der Waals surface area contributed by atoms with Crippen molar-refractivity contribution < 1.29 is 13.9 Å². The van der Waals surface area contributed by atoms with Gasteiger partial charge in [0.05, 0.1) is 12.8 Å². The van der Waals surface area contributed by atoms with Gasteiger partial charge in [-0.2, -0.15) is 0 Å². The molecule has 6 heteroatoms. The van der Waals surface area contributed by atoms with Gasteiger partial charge in [-0.1, -0.05) is 54.2 Å². The summed E-state index contributed by atoms with van der Waals surface area (Å²) in [5.41, 5.74) is 2.90. The van der Waals surface area contributed by atoms with Gasteiger partial charge in [0, 0.05) is 5.75 Å². The third kappa shape index (κ3) is 4.44. The fourth-order valence-corrected chi connectivity index (χ4v) is 3.96. The third-order valence-electron chi connectivity index (χ3n) is 4.54. The van der Waals surface area contributed by atoms with Crippen LogP contribution < -0.4 is 9.64 Å². The highest BCUT2D eigenvalue weighted by Gasteiger charge is 2.32. The summed E-state index contributed by atoms with van der Waals surface area (Å²) in [7, 11) is 1.63. The molecule has 0 unspecified atom stereocenters. The van der Waals surface area contributed by atoms with Crippen molar-refractivity contribution in [3.63, 3.8) is 0 Å². The van der Waals surface area contributed by atoms with Gasteiger partial charge < -0.3 is 4.74 Å². The van der Waals surface area contributed by atoms with E-state index in [1.165, 1.54) is 28.8 Å². The molecule has 0 aliphatic carbocycles. The van der Waals surface area contributed by atoms with Gasteiger partial charge >= 0.3 is 0 Å². The van der Waals surface area contributed by atoms with E-state index >= 15 is 0 Å². The third-order valence-corrected chi connectivity index (χ3v) is 5.55. The van der Waals surface area contributed by atoms with Crippen LogP contribution in [0.1, 0.15) is 11.1 Å². The predicted octanol–water partition coefficient (Wildman–Crippen LogP) is 5.51. The van der Waals surface area contributed by atoms with Crippen molar-refractivity contribution in [2.45, 2.75) is 5.75 Å². The second-order valence-electron chi connectivity index (χ2n) is 6.59. The standard InChI is InChI=1S/C24H19FN2O2S/c1-29-21-13-7-18(8-14-21)16-30-24-26-22(15-17-5-3-2-4-6-17)23(28)27(24)20-11-9-19(25)10-12-20/h2-15H,16H2,1H3/b22-15-. The molecule has 1 amide bonds. The summed E-state index contributed by atoms with van der Waals surface area (Å²) in [5.74, 6) is 0.836. The number of halogens is 1. The van der Waals surface area contributed by atoms with Crippen LogP contribution in [0, 0.1) is 5.82 Å². The van der Waals surface area contributed by atoms with Crippen LogP contribution in [0.3, 0.4) is 0 Å². The molecule has 1 aliphatic heterocycles. The van der Waals surface area contributed by atoms with Gasteiger partial charge in [-0.25, -0.2) is 9.38 Å². The Morgan fingerprint density at radius 1 is 1.00 bits per heavy atom. The Labute approximate surface area is 178 Å². The highest BCUT2D eigenvalue weighted by atomic mass is 32.2. The van der Waals surface area contributed by atoms with E-state index in [9.17, 15) is 9.18 Å². The average Bonchev–Trinajstić information content (AvgIpc) is 3.09. The molecule has 0 N–H and O–H groups in total. The number of carbonyl (C=O) groups excluding carboxylic acids is 1. The first-order chi connectivity index (χ1) is 14.6. The summed E-state index contributed by atoms with van der Waals surface area (Å²) < 4.78 is 18.6. The van der Waals surface area contributed by atoms with E-state index in [4.69, 9.17) is 4.74 Å². The number of benzene rings is 3. The number of ether oxygens (including phenoxy) is 1. The Hall–Kier alpha value is -3.38. The number of anilines is 1. The zero-order chi connectivity index (χ0) is 20.9. The maximum absolute atomic E-state index is 13.4. The highest BCUT2D eigenvalue weighted by Crippen LogP contribution is 2.31. The van der Waals surface area contributed by atoms with Gasteiger partial charge in [0.15, 0.2) is 5.17 Å². The fourth-order valence-electron chi connectivity index (χ4n) is 2.99. The zero-order valence-corrected chi connectivity index (χ0v) is 17.1. The number of nitrogens with zero attached hydrogens (tertiary/aromatic N) is 2. The first-order valence-electron chi connectivity index (χ1n) is 9.35. The number of hydrogen-bond donors (Lipinski definition) is 0. The van der Waals surface area contributed by atoms with E-state index in [0.29, 0.717) is 22.3 Å². The molecule has 150 valence electrons. The SMILES string of the molecule is COc1ccc(CSC2=N/C(=C\c3ccccc3)C(=O)N2c2ccc(F)cc2)cc1. The van der Waals surface area contributed by atoms with Crippen molar-refractivity contribution in [1.82, 2.24) is 0 Å². The Morgan fingerprint density at radius 2 is 1.70 bits per heavy atom. The van der Waals surface area contributed by atoms with Crippen molar-refractivity contribution in [1.29, 1.82) is 0 Å². The van der Waals surface area contributed by atoms with Crippen LogP contribution in [0.2, 0.25) is 0 Å². The van der Waals surface area contributed by atoms with Crippen LogP contribution in [0.15, 0.2) is 89.6 Å². The van der Waals surface area contributed by atoms with Gasteiger partial charge in [0.25, 0.3) is 5.91 Å². The molecule has 1 aliphatic rings. The van der Waals surface area contributed by atoms with Gasteiger partial charge in [-0.15, -0.1) is 0 Å². The maximum Gasteiger partial charge on any atom is 0.283 e. The first-order valence-corrected chi connectivity index (χ1v) is 10.3. The average molecular weight is 418 g/mol. The molecule has 30 heavy (non-hydrogen) atoms. The quantitative estimate of drug-likeness (QED) is 0.513. The lowest BCUT2D eigenvalue weighted by Gasteiger charge is -2.17. The van der Waals surface area contributed by atoms with Crippen molar-refractivity contribution in [2.24, 2.45) is 4.99 Å². The second kappa shape index (κ2) is 8.97. The number of amidine groups is 1. The number of carbonyl (C=O) groups is 1. The van der Waals surface area contributed by atoms with Gasteiger partial charge in [0.1, 0.15) is 17.3 Å². The van der Waals surface area contributed by atoms with E-state index in [1.54, 1.807) is 25.3 Å². The Morgan fingerprint density at radius 3 is 2.37 bits per heavy atom. The fraction of sp³-hybridized carbons (Fsp3) is 0.0833. The van der Waals surface area contributed by atoms with E-state index in [2.05, 4.69) is 4.99 Å². The number of aliphatic imine (C=N–C) groups is 1. The number of methoxy groups -OCH3 is 1. The molecule has 0 saturated carbocycles. The lowest BCUT2D eigenvalue weighted by molar-refractivity contribution is -0.113. The molecular weight excluding hydrogens is 399 g/mol. The second-order valence-corrected chi connectivity index (χ2v) is 7.53. The molecule has 0 bridgehead atoms. The van der Waals surface area contributed by atoms with Crippen molar-refractivity contribution in [3.05, 3.63) is 102 Å². The normalized spacial score (nSPS) is 14.9. The molecule has 4 rings (SSSR count). The van der Waals surface area contributed by atoms with Crippen molar-refractivity contribution in [3.8, 4) is 5.75 Å². The topological polar surface area (TPSA) is 41.9 Å². The molecule has 3 aromatic rings. The minimum atomic E-state index is -0.352. The summed E-state index contributed by atoms with van der Waals surface area (Å²) in [5, 5.41) is 0.560. The Balaban J connectivity index is 1.63. The number of thioether (sulfide) groups is 1. The van der Waals surface area contributed by atoms with Crippen molar-refractivity contribution >= 4 is 34.6 Å². The van der Waals surface area contributed by atoms with Gasteiger partial charge in [-0.05, 0) is 53.6 Å². The van der Waals surface area contributed by atoms with E-state index in [1.807, 2.05) is 54.6 Å². The Kier molecular flexibility index (Phi) is 5.95. The lowest BCUT2D eigenvalue weighted by atomic mass is 10.2. The minimum absolute atomic E-state index is 0.234.